The third-order valence-corrected chi connectivity index (χ3v) is 19.8. The van der Waals surface area contributed by atoms with Crippen molar-refractivity contribution in [1.82, 2.24) is 0 Å². The van der Waals surface area contributed by atoms with Gasteiger partial charge in [0.25, 0.3) is 0 Å². The molecule has 8 atom stereocenters. The molecule has 25 heavy (non-hydrogen) atoms. The van der Waals surface area contributed by atoms with Crippen LogP contribution in [0.3, 0.4) is 0 Å². The largest absolute Gasteiger partial charge is 0.0458 e. The number of fused-ring (bicyclic) bond motifs is 8. The Balaban J connectivity index is 1.24. The lowest BCUT2D eigenvalue weighted by Gasteiger charge is -3.48. The Bertz CT molecular complexity index is 961. The van der Waals surface area contributed by atoms with Gasteiger partial charge in [-0.25, -0.2) is 0 Å². The smallest absolute Gasteiger partial charge is 0.00143 e. The zero-order valence-electron chi connectivity index (χ0n) is 14.3. The third-order valence-electron chi connectivity index (χ3n) is 19.8. The molecule has 0 nitrogen and oxygen atoms in total. The maximum atomic E-state index is 1.77. The van der Waals surface area contributed by atoms with Gasteiger partial charge in [-0.1, -0.05) is 0 Å². The van der Waals surface area contributed by atoms with E-state index in [4.69, 9.17) is 0 Å². The maximum absolute atomic E-state index is 1.77. The van der Waals surface area contributed by atoms with Crippen molar-refractivity contribution in [1.29, 1.82) is 0 Å². The van der Waals surface area contributed by atoms with E-state index in [-0.39, 0.29) is 0 Å². The molecule has 0 saturated heterocycles. The van der Waals surface area contributed by atoms with Crippen molar-refractivity contribution >= 4 is 0 Å². The first-order chi connectivity index (χ1) is 12.4. The van der Waals surface area contributed by atoms with Crippen molar-refractivity contribution in [3.8, 4) is 0 Å². The first-order valence-corrected chi connectivity index (χ1v) is 12.4. The zero-order chi connectivity index (χ0) is 14.3. The van der Waals surface area contributed by atoms with E-state index in [1.807, 2.05) is 0 Å². The zero-order valence-corrected chi connectivity index (χ0v) is 14.3. The number of rotatable bonds is 0. The second kappa shape index (κ2) is 1.44. The molecule has 16 aliphatic rings. The average Bonchev–Trinajstić information content (AvgIpc) is 2.45. The molecule has 16 rings (SSSR count). The highest BCUT2D eigenvalue weighted by Gasteiger charge is 3.47. The van der Waals surface area contributed by atoms with Crippen LogP contribution in [0.1, 0.15) is 25.7 Å². The molecule has 0 aromatic carbocycles. The van der Waals surface area contributed by atoms with Gasteiger partial charge in [0.05, 0.1) is 0 Å². The fourth-order valence-corrected chi connectivity index (χ4v) is 23.8. The molecular weight excluding hydrogens is 300 g/mol. The van der Waals surface area contributed by atoms with E-state index in [0.717, 1.165) is 48.7 Å². The van der Waals surface area contributed by atoms with Gasteiger partial charge >= 0.3 is 0 Å². The van der Waals surface area contributed by atoms with Crippen molar-refractivity contribution in [3.63, 3.8) is 0 Å². The summed E-state index contributed by atoms with van der Waals surface area (Å²) in [5.74, 6) is 16.1. The standard InChI is InChI=1S/C25H20/c1-5-13-7-2-9-15-11-4-12-16-10-3-8-14-6(1)17(5)21(13)18(7,9)23(15)20(11,12)24(16)19(8,10)22(14,17)25(21,23)24/h5-16H,1-4H2. The van der Waals surface area contributed by atoms with Crippen LogP contribution in [0, 0.1) is 120 Å². The van der Waals surface area contributed by atoms with Crippen LogP contribution in [0.5, 0.6) is 0 Å². The summed E-state index contributed by atoms with van der Waals surface area (Å²) in [7, 11) is 0. The van der Waals surface area contributed by atoms with E-state index in [1.54, 1.807) is 25.7 Å². The van der Waals surface area contributed by atoms with Crippen molar-refractivity contribution in [3.05, 3.63) is 0 Å². The molecule has 16 aliphatic carbocycles. The molecule has 0 bridgehead atoms. The second-order valence-corrected chi connectivity index (χ2v) is 15.4. The Morgan fingerprint density at radius 2 is 0.600 bits per heavy atom. The number of hydrogen-bond acceptors (Lipinski definition) is 0. The Morgan fingerprint density at radius 1 is 0.360 bits per heavy atom. The lowest BCUT2D eigenvalue weighted by molar-refractivity contribution is -1.03. The highest BCUT2D eigenvalue weighted by atomic mass is 15.5. The highest BCUT2D eigenvalue weighted by Crippen LogP contribution is 3.49. The van der Waals surface area contributed by atoms with Gasteiger partial charge in [0.15, 0.2) is 0 Å². The van der Waals surface area contributed by atoms with Gasteiger partial charge in [-0.15, -0.1) is 0 Å². The minimum absolute atomic E-state index is 1.10. The third kappa shape index (κ3) is 0.223. The fraction of sp³-hybridized carbons (Fsp3) is 1.00. The van der Waals surface area contributed by atoms with E-state index in [2.05, 4.69) is 0 Å². The van der Waals surface area contributed by atoms with Gasteiger partial charge in [-0.3, -0.25) is 0 Å². The molecular formula is C25H20. The monoisotopic (exact) mass is 320 g/mol. The summed E-state index contributed by atoms with van der Waals surface area (Å²) in [5, 5.41) is 0. The molecule has 16 saturated carbocycles. The average molecular weight is 320 g/mol. The van der Waals surface area contributed by atoms with E-state index in [1.165, 1.54) is 71.0 Å². The van der Waals surface area contributed by atoms with Crippen LogP contribution in [-0.2, 0) is 0 Å². The quantitative estimate of drug-likeness (QED) is 0.643. The van der Waals surface area contributed by atoms with E-state index in [0.29, 0.717) is 0 Å². The Hall–Kier alpha value is 0. The van der Waals surface area contributed by atoms with E-state index >= 15 is 0 Å². The predicted molar refractivity (Wildman–Crippen MR) is 82.2 cm³/mol. The van der Waals surface area contributed by atoms with Gasteiger partial charge in [0.1, 0.15) is 0 Å². The molecule has 0 aromatic heterocycles. The molecule has 16 fully saturated rings. The van der Waals surface area contributed by atoms with Crippen LogP contribution in [0.2, 0.25) is 0 Å². The summed E-state index contributed by atoms with van der Waals surface area (Å²) in [5.41, 5.74) is 10.0. The van der Waals surface area contributed by atoms with E-state index in [9.17, 15) is 0 Å². The van der Waals surface area contributed by atoms with Gasteiger partial charge in [-0.05, 0) is 145 Å². The van der Waals surface area contributed by atoms with Crippen molar-refractivity contribution in [2.24, 2.45) is 120 Å². The summed E-state index contributed by atoms with van der Waals surface area (Å²) in [6, 6.07) is 0. The molecule has 0 heterocycles. The Labute approximate surface area is 145 Å². The van der Waals surface area contributed by atoms with Crippen LogP contribution in [-0.4, -0.2) is 0 Å². The summed E-state index contributed by atoms with van der Waals surface area (Å²) >= 11 is 0. The van der Waals surface area contributed by atoms with Crippen LogP contribution in [0.15, 0.2) is 0 Å². The van der Waals surface area contributed by atoms with Gasteiger partial charge in [0.2, 0.25) is 0 Å². The lowest BCUT2D eigenvalue weighted by atomic mass is 8.55. The highest BCUT2D eigenvalue weighted by molar-refractivity contribution is 5.92. The lowest BCUT2D eigenvalue weighted by Crippen LogP contribution is -3.46. The fourth-order valence-electron chi connectivity index (χ4n) is 23.8. The summed E-state index contributed by atoms with van der Waals surface area (Å²) < 4.78 is 0. The molecule has 8 unspecified atom stereocenters. The molecule has 120 valence electrons. The van der Waals surface area contributed by atoms with Crippen molar-refractivity contribution < 1.29 is 0 Å². The number of hydrogen-bond donors (Lipinski definition) is 0. The minimum Gasteiger partial charge on any atom is -0.0458 e. The molecule has 0 heteroatoms. The topological polar surface area (TPSA) is 0 Å². The summed E-state index contributed by atoms with van der Waals surface area (Å²) in [4.78, 5) is 0. The van der Waals surface area contributed by atoms with Crippen LogP contribution >= 0.6 is 0 Å². The van der Waals surface area contributed by atoms with E-state index < -0.39 is 0 Å². The first kappa shape index (κ1) is 9.00. The molecule has 0 aliphatic heterocycles. The van der Waals surface area contributed by atoms with Gasteiger partial charge in [-0.2, -0.15) is 0 Å². The predicted octanol–water partition coefficient (Wildman–Crippen LogP) is 3.04. The van der Waals surface area contributed by atoms with Crippen LogP contribution < -0.4 is 0 Å². The molecule has 0 N–H and O–H groups in total. The van der Waals surface area contributed by atoms with Crippen LogP contribution in [0.25, 0.3) is 0 Å². The van der Waals surface area contributed by atoms with Gasteiger partial charge < -0.3 is 0 Å². The molecule has 0 aromatic rings. The van der Waals surface area contributed by atoms with Crippen LogP contribution in [0.4, 0.5) is 0 Å². The molecule has 0 amide bonds. The maximum Gasteiger partial charge on any atom is -0.00143 e. The molecule has 9 spiro atoms. The van der Waals surface area contributed by atoms with Crippen molar-refractivity contribution in [2.75, 3.05) is 0 Å². The minimum atomic E-state index is 1.10. The SMILES string of the molecule is C1C2C3C4CC5C6C7CC8C9C%10CC%11C%12C1C21C32C45C63C78C94C%11%10C%121C234. The summed E-state index contributed by atoms with van der Waals surface area (Å²) in [6.07, 6.45) is 7.08. The Morgan fingerprint density at radius 3 is 0.840 bits per heavy atom. The Kier molecular flexibility index (Phi) is 0.517. The molecule has 0 radical (unpaired) electrons. The summed E-state index contributed by atoms with van der Waals surface area (Å²) in [6.45, 7) is 0. The van der Waals surface area contributed by atoms with Gasteiger partial charge in [0, 0.05) is 0 Å². The van der Waals surface area contributed by atoms with Crippen molar-refractivity contribution in [2.45, 2.75) is 25.7 Å². The second-order valence-electron chi connectivity index (χ2n) is 15.4. The normalized spacial score (nSPS) is 125. The first-order valence-electron chi connectivity index (χ1n) is 12.4.